The van der Waals surface area contributed by atoms with Gasteiger partial charge in [0.1, 0.15) is 5.01 Å². The smallest absolute Gasteiger partial charge is 0.217 e. The highest BCUT2D eigenvalue weighted by molar-refractivity contribution is 7.15. The van der Waals surface area contributed by atoms with E-state index in [9.17, 15) is 4.79 Å². The molecule has 5 nitrogen and oxygen atoms in total. The van der Waals surface area contributed by atoms with Crippen LogP contribution in [0.1, 0.15) is 17.8 Å². The first kappa shape index (κ1) is 8.92. The van der Waals surface area contributed by atoms with Crippen molar-refractivity contribution in [1.29, 1.82) is 0 Å². The van der Waals surface area contributed by atoms with Crippen molar-refractivity contribution >= 4 is 22.4 Å². The number of carbonyl (C=O) groups is 1. The Kier molecular flexibility index (Phi) is 2.98. The van der Waals surface area contributed by atoms with Crippen molar-refractivity contribution < 1.29 is 4.79 Å². The van der Waals surface area contributed by atoms with Gasteiger partial charge in [0.05, 0.1) is 0 Å². The molecule has 0 atom stereocenters. The number of primary amides is 1. The fourth-order valence-corrected chi connectivity index (χ4v) is 1.43. The molecule has 66 valence electrons. The summed E-state index contributed by atoms with van der Waals surface area (Å²) in [6, 6.07) is 0. The molecule has 0 aliphatic carbocycles. The normalized spacial score (nSPS) is 10.0. The lowest BCUT2D eigenvalue weighted by atomic mass is 10.2. The molecule has 0 aliphatic rings. The van der Waals surface area contributed by atoms with Crippen LogP contribution in [0.25, 0.3) is 0 Å². The molecule has 0 spiro atoms. The summed E-state index contributed by atoms with van der Waals surface area (Å²) in [6.45, 7) is 0. The van der Waals surface area contributed by atoms with Gasteiger partial charge in [-0.15, -0.1) is 10.2 Å². The summed E-state index contributed by atoms with van der Waals surface area (Å²) in [5.74, 6) is -0.285. The van der Waals surface area contributed by atoms with Gasteiger partial charge >= 0.3 is 0 Å². The third kappa shape index (κ3) is 2.83. The number of rotatable bonds is 4. The van der Waals surface area contributed by atoms with Crippen molar-refractivity contribution in [3.05, 3.63) is 5.01 Å². The maximum Gasteiger partial charge on any atom is 0.217 e. The maximum absolute atomic E-state index is 10.4. The summed E-state index contributed by atoms with van der Waals surface area (Å²) in [7, 11) is 0. The molecule has 1 aromatic heterocycles. The first-order valence-electron chi connectivity index (χ1n) is 3.54. The fourth-order valence-electron chi connectivity index (χ4n) is 0.781. The Morgan fingerprint density at radius 3 is 2.75 bits per heavy atom. The lowest BCUT2D eigenvalue weighted by Gasteiger charge is -1.91. The molecule has 0 fully saturated rings. The average molecular weight is 186 g/mol. The van der Waals surface area contributed by atoms with Gasteiger partial charge in [-0.3, -0.25) is 4.79 Å². The molecule has 1 rings (SSSR count). The van der Waals surface area contributed by atoms with E-state index in [-0.39, 0.29) is 5.91 Å². The molecule has 0 saturated carbocycles. The van der Waals surface area contributed by atoms with Gasteiger partial charge in [0.25, 0.3) is 0 Å². The molecule has 1 amide bonds. The Bertz CT molecular complexity index is 272. The van der Waals surface area contributed by atoms with Gasteiger partial charge < -0.3 is 11.5 Å². The van der Waals surface area contributed by atoms with Crippen molar-refractivity contribution in [1.82, 2.24) is 10.2 Å². The monoisotopic (exact) mass is 186 g/mol. The Morgan fingerprint density at radius 1 is 1.50 bits per heavy atom. The number of amides is 1. The molecule has 12 heavy (non-hydrogen) atoms. The summed E-state index contributed by atoms with van der Waals surface area (Å²) in [4.78, 5) is 10.4. The van der Waals surface area contributed by atoms with Crippen LogP contribution in [0, 0.1) is 0 Å². The number of carbonyl (C=O) groups excluding carboxylic acids is 1. The van der Waals surface area contributed by atoms with Crippen molar-refractivity contribution in [2.75, 3.05) is 5.73 Å². The molecule has 1 aromatic rings. The zero-order valence-electron chi connectivity index (χ0n) is 6.49. The molecule has 1 heterocycles. The summed E-state index contributed by atoms with van der Waals surface area (Å²) >= 11 is 1.34. The van der Waals surface area contributed by atoms with Gasteiger partial charge in [-0.1, -0.05) is 11.3 Å². The van der Waals surface area contributed by atoms with Crippen molar-refractivity contribution in [2.24, 2.45) is 5.73 Å². The van der Waals surface area contributed by atoms with Crippen LogP contribution in [0.3, 0.4) is 0 Å². The van der Waals surface area contributed by atoms with Crippen molar-refractivity contribution in [3.63, 3.8) is 0 Å². The Hall–Kier alpha value is -1.17. The second kappa shape index (κ2) is 4.01. The quantitative estimate of drug-likeness (QED) is 0.688. The number of nitrogen functional groups attached to an aromatic ring is 1. The van der Waals surface area contributed by atoms with E-state index in [0.29, 0.717) is 18.0 Å². The molecule has 4 N–H and O–H groups in total. The number of nitrogens with two attached hydrogens (primary N) is 2. The predicted octanol–water partition coefficient (Wildman–Crippen LogP) is -0.0717. The van der Waals surface area contributed by atoms with Crippen LogP contribution < -0.4 is 11.5 Å². The molecule has 0 aliphatic heterocycles. The molecule has 0 radical (unpaired) electrons. The number of hydrogen-bond donors (Lipinski definition) is 2. The zero-order chi connectivity index (χ0) is 8.97. The standard InChI is InChI=1S/C6H10N4OS/c7-4(11)2-1-3-5-9-10-6(8)12-5/h1-3H2,(H2,7,11)(H2,8,10). The molecular weight excluding hydrogens is 176 g/mol. The molecule has 0 saturated heterocycles. The minimum Gasteiger partial charge on any atom is -0.374 e. The zero-order valence-corrected chi connectivity index (χ0v) is 7.30. The molecule has 0 unspecified atom stereocenters. The Morgan fingerprint density at radius 2 is 2.25 bits per heavy atom. The fraction of sp³-hybridized carbons (Fsp3) is 0.500. The SMILES string of the molecule is NC(=O)CCCc1nnc(N)s1. The van der Waals surface area contributed by atoms with E-state index in [4.69, 9.17) is 11.5 Å². The van der Waals surface area contributed by atoms with Gasteiger partial charge in [0, 0.05) is 12.8 Å². The van der Waals surface area contributed by atoms with E-state index >= 15 is 0 Å². The third-order valence-electron chi connectivity index (χ3n) is 1.30. The van der Waals surface area contributed by atoms with E-state index in [0.717, 1.165) is 11.4 Å². The second-order valence-electron chi connectivity index (χ2n) is 2.35. The molecule has 6 heteroatoms. The van der Waals surface area contributed by atoms with Crippen molar-refractivity contribution in [2.45, 2.75) is 19.3 Å². The van der Waals surface area contributed by atoms with Gasteiger partial charge in [-0.2, -0.15) is 0 Å². The number of hydrogen-bond acceptors (Lipinski definition) is 5. The topological polar surface area (TPSA) is 94.9 Å². The van der Waals surface area contributed by atoms with Gasteiger partial charge in [0.2, 0.25) is 11.0 Å². The summed E-state index contributed by atoms with van der Waals surface area (Å²) in [5, 5.41) is 8.77. The lowest BCUT2D eigenvalue weighted by Crippen LogP contribution is -2.10. The van der Waals surface area contributed by atoms with Crippen LogP contribution in [0.15, 0.2) is 0 Å². The largest absolute Gasteiger partial charge is 0.374 e. The third-order valence-corrected chi connectivity index (χ3v) is 2.11. The van der Waals surface area contributed by atoms with E-state index in [1.165, 1.54) is 11.3 Å². The Balaban J connectivity index is 2.29. The molecule has 0 aromatic carbocycles. The van der Waals surface area contributed by atoms with E-state index in [1.807, 2.05) is 0 Å². The average Bonchev–Trinajstić information content (AvgIpc) is 2.35. The Labute approximate surface area is 73.8 Å². The van der Waals surface area contributed by atoms with Crippen molar-refractivity contribution in [3.8, 4) is 0 Å². The van der Waals surface area contributed by atoms with Gasteiger partial charge in [-0.05, 0) is 6.42 Å². The maximum atomic E-state index is 10.4. The van der Waals surface area contributed by atoms with Crippen LogP contribution in [-0.4, -0.2) is 16.1 Å². The second-order valence-corrected chi connectivity index (χ2v) is 3.45. The predicted molar refractivity (Wildman–Crippen MR) is 46.5 cm³/mol. The molecular formula is C6H10N4OS. The van der Waals surface area contributed by atoms with E-state index in [2.05, 4.69) is 10.2 Å². The van der Waals surface area contributed by atoms with Gasteiger partial charge in [-0.25, -0.2) is 0 Å². The van der Waals surface area contributed by atoms with E-state index in [1.54, 1.807) is 0 Å². The number of nitrogens with zero attached hydrogens (tertiary/aromatic N) is 2. The highest BCUT2D eigenvalue weighted by Gasteiger charge is 2.01. The summed E-state index contributed by atoms with van der Waals surface area (Å²) in [5.41, 5.74) is 10.3. The number of anilines is 1. The first-order valence-corrected chi connectivity index (χ1v) is 4.36. The van der Waals surface area contributed by atoms with Crippen LogP contribution >= 0.6 is 11.3 Å². The highest BCUT2D eigenvalue weighted by atomic mass is 32.1. The lowest BCUT2D eigenvalue weighted by molar-refractivity contribution is -0.118. The highest BCUT2D eigenvalue weighted by Crippen LogP contribution is 2.13. The summed E-state index contributed by atoms with van der Waals surface area (Å²) in [6.07, 6.45) is 1.82. The van der Waals surface area contributed by atoms with E-state index < -0.39 is 0 Å². The number of aromatic nitrogens is 2. The van der Waals surface area contributed by atoms with Crippen LogP contribution in [-0.2, 0) is 11.2 Å². The minimum absolute atomic E-state index is 0.285. The summed E-state index contributed by atoms with van der Waals surface area (Å²) < 4.78 is 0. The van der Waals surface area contributed by atoms with Crippen LogP contribution in [0.2, 0.25) is 0 Å². The van der Waals surface area contributed by atoms with Crippen LogP contribution in [0.4, 0.5) is 5.13 Å². The van der Waals surface area contributed by atoms with Crippen LogP contribution in [0.5, 0.6) is 0 Å². The first-order chi connectivity index (χ1) is 5.68. The molecule has 0 bridgehead atoms. The number of aryl methyl sites for hydroxylation is 1. The van der Waals surface area contributed by atoms with Gasteiger partial charge in [0.15, 0.2) is 0 Å². The minimum atomic E-state index is -0.285.